The SMILES string of the molecule is [2H]C(c1ccc(-c2ccc(N(C)C)cc2)cc1)N(C(=O)C1CCCCC1)c1cccc(C2CC2C(=O)O)c1. The average Bonchev–Trinajstić information content (AvgIpc) is 3.76. The highest BCUT2D eigenvalue weighted by molar-refractivity contribution is 5.95. The summed E-state index contributed by atoms with van der Waals surface area (Å²) in [5.74, 6) is -1.25. The number of rotatable bonds is 8. The molecule has 5 rings (SSSR count). The van der Waals surface area contributed by atoms with E-state index in [9.17, 15) is 16.1 Å². The Hall–Kier alpha value is -3.60. The van der Waals surface area contributed by atoms with E-state index >= 15 is 0 Å². The third-order valence-electron chi connectivity index (χ3n) is 7.78. The Morgan fingerprint density at radius 3 is 2.14 bits per heavy atom. The molecular formula is C32H36N2O3. The lowest BCUT2D eigenvalue weighted by Gasteiger charge is -2.30. The molecule has 5 heteroatoms. The topological polar surface area (TPSA) is 60.9 Å². The van der Waals surface area contributed by atoms with Crippen LogP contribution >= 0.6 is 0 Å². The molecule has 0 spiro atoms. The average molecular weight is 498 g/mol. The van der Waals surface area contributed by atoms with Crippen LogP contribution in [0.25, 0.3) is 11.1 Å². The molecular weight excluding hydrogens is 460 g/mol. The Bertz CT molecular complexity index is 1280. The summed E-state index contributed by atoms with van der Waals surface area (Å²) >= 11 is 0. The Balaban J connectivity index is 1.43. The molecule has 3 atom stereocenters. The Kier molecular flexibility index (Phi) is 6.94. The van der Waals surface area contributed by atoms with E-state index in [4.69, 9.17) is 0 Å². The zero-order chi connectivity index (χ0) is 26.8. The van der Waals surface area contributed by atoms with Crippen molar-refractivity contribution in [3.63, 3.8) is 0 Å². The van der Waals surface area contributed by atoms with Crippen molar-refractivity contribution in [2.45, 2.75) is 51.0 Å². The van der Waals surface area contributed by atoms with E-state index in [-0.39, 0.29) is 23.7 Å². The number of carbonyl (C=O) groups is 2. The molecule has 2 fully saturated rings. The van der Waals surface area contributed by atoms with Gasteiger partial charge in [-0.3, -0.25) is 9.59 Å². The lowest BCUT2D eigenvalue weighted by atomic mass is 9.88. The molecule has 2 saturated carbocycles. The Morgan fingerprint density at radius 1 is 0.892 bits per heavy atom. The van der Waals surface area contributed by atoms with Crippen LogP contribution in [-0.4, -0.2) is 31.1 Å². The van der Waals surface area contributed by atoms with Crippen molar-refractivity contribution in [1.82, 2.24) is 0 Å². The Labute approximate surface area is 221 Å². The van der Waals surface area contributed by atoms with Gasteiger partial charge in [-0.15, -0.1) is 0 Å². The number of anilines is 2. The molecule has 3 aromatic rings. The highest BCUT2D eigenvalue weighted by atomic mass is 16.4. The summed E-state index contributed by atoms with van der Waals surface area (Å²) in [7, 11) is 4.03. The molecule has 3 unspecified atom stereocenters. The van der Waals surface area contributed by atoms with Crippen LogP contribution in [0.15, 0.2) is 72.8 Å². The first kappa shape index (κ1) is 23.8. The van der Waals surface area contributed by atoms with Gasteiger partial charge in [0.25, 0.3) is 0 Å². The van der Waals surface area contributed by atoms with Gasteiger partial charge in [-0.25, -0.2) is 0 Å². The molecule has 0 aliphatic heterocycles. The maximum atomic E-state index is 13.9. The van der Waals surface area contributed by atoms with Gasteiger partial charge in [-0.2, -0.15) is 0 Å². The molecule has 1 amide bonds. The number of hydrogen-bond donors (Lipinski definition) is 1. The van der Waals surface area contributed by atoms with Crippen molar-refractivity contribution in [2.75, 3.05) is 23.9 Å². The van der Waals surface area contributed by atoms with Gasteiger partial charge < -0.3 is 14.9 Å². The minimum Gasteiger partial charge on any atom is -0.481 e. The van der Waals surface area contributed by atoms with Crippen LogP contribution in [0, 0.1) is 11.8 Å². The number of amides is 1. The fourth-order valence-electron chi connectivity index (χ4n) is 5.42. The van der Waals surface area contributed by atoms with Crippen molar-refractivity contribution in [3.05, 3.63) is 83.9 Å². The van der Waals surface area contributed by atoms with Gasteiger partial charge in [-0.1, -0.05) is 67.8 Å². The van der Waals surface area contributed by atoms with Crippen molar-refractivity contribution >= 4 is 23.3 Å². The number of benzene rings is 3. The second-order valence-corrected chi connectivity index (χ2v) is 10.6. The number of nitrogens with zero attached hydrogens (tertiary/aromatic N) is 2. The first-order chi connectivity index (χ1) is 18.3. The summed E-state index contributed by atoms with van der Waals surface area (Å²) in [6.07, 6.45) is 5.56. The number of aliphatic carboxylic acids is 1. The van der Waals surface area contributed by atoms with E-state index in [0.29, 0.717) is 12.1 Å². The second kappa shape index (κ2) is 10.8. The quantitative estimate of drug-likeness (QED) is 0.375. The van der Waals surface area contributed by atoms with Gasteiger partial charge in [0.2, 0.25) is 5.91 Å². The van der Waals surface area contributed by atoms with Crippen LogP contribution < -0.4 is 9.80 Å². The van der Waals surface area contributed by atoms with E-state index in [0.717, 1.165) is 60.0 Å². The monoisotopic (exact) mass is 497 g/mol. The summed E-state index contributed by atoms with van der Waals surface area (Å²) in [4.78, 5) is 29.0. The minimum absolute atomic E-state index is 0.00391. The third-order valence-corrected chi connectivity index (χ3v) is 7.78. The maximum Gasteiger partial charge on any atom is 0.307 e. The predicted octanol–water partition coefficient (Wildman–Crippen LogP) is 6.72. The largest absolute Gasteiger partial charge is 0.481 e. The summed E-state index contributed by atoms with van der Waals surface area (Å²) < 4.78 is 9.21. The summed E-state index contributed by atoms with van der Waals surface area (Å²) in [6.45, 7) is -0.890. The zero-order valence-corrected chi connectivity index (χ0v) is 21.6. The van der Waals surface area contributed by atoms with Gasteiger partial charge >= 0.3 is 5.97 Å². The fraction of sp³-hybridized carbons (Fsp3) is 0.375. The van der Waals surface area contributed by atoms with Crippen molar-refractivity contribution < 1.29 is 16.1 Å². The van der Waals surface area contributed by atoms with Crippen molar-refractivity contribution in [1.29, 1.82) is 0 Å². The molecule has 0 bridgehead atoms. The number of carboxylic acids is 1. The molecule has 3 aromatic carbocycles. The molecule has 0 heterocycles. The highest BCUT2D eigenvalue weighted by Crippen LogP contribution is 2.48. The first-order valence-corrected chi connectivity index (χ1v) is 13.3. The Morgan fingerprint density at radius 2 is 1.54 bits per heavy atom. The molecule has 0 aromatic heterocycles. The van der Waals surface area contributed by atoms with Gasteiger partial charge in [0.15, 0.2) is 0 Å². The molecule has 1 N–H and O–H groups in total. The van der Waals surface area contributed by atoms with Crippen LogP contribution in [0.5, 0.6) is 0 Å². The van der Waals surface area contributed by atoms with Crippen LogP contribution in [0.4, 0.5) is 11.4 Å². The van der Waals surface area contributed by atoms with E-state index in [1.807, 2.05) is 62.6 Å². The zero-order valence-electron chi connectivity index (χ0n) is 22.6. The van der Waals surface area contributed by atoms with Crippen molar-refractivity contribution in [3.8, 4) is 11.1 Å². The number of carbonyl (C=O) groups excluding carboxylic acids is 1. The molecule has 2 aliphatic carbocycles. The van der Waals surface area contributed by atoms with E-state index < -0.39 is 12.5 Å². The molecule has 37 heavy (non-hydrogen) atoms. The van der Waals surface area contributed by atoms with Crippen molar-refractivity contribution in [2.24, 2.45) is 11.8 Å². The minimum atomic E-state index is -0.890. The van der Waals surface area contributed by atoms with Crippen LogP contribution in [0.1, 0.15) is 56.9 Å². The van der Waals surface area contributed by atoms with E-state index in [2.05, 4.69) is 29.2 Å². The normalized spacial score (nSPS) is 20.5. The van der Waals surface area contributed by atoms with E-state index in [1.165, 1.54) is 0 Å². The summed E-state index contributed by atoms with van der Waals surface area (Å²) in [5.41, 5.74) is 5.66. The predicted molar refractivity (Wildman–Crippen MR) is 149 cm³/mol. The summed E-state index contributed by atoms with van der Waals surface area (Å²) in [6, 6.07) is 23.9. The van der Waals surface area contributed by atoms with Crippen LogP contribution in [0.3, 0.4) is 0 Å². The van der Waals surface area contributed by atoms with Gasteiger partial charge in [0, 0.05) is 31.4 Å². The van der Waals surface area contributed by atoms with Gasteiger partial charge in [0.1, 0.15) is 0 Å². The van der Waals surface area contributed by atoms with Crippen LogP contribution in [-0.2, 0) is 16.1 Å². The lowest BCUT2D eigenvalue weighted by molar-refractivity contribution is -0.138. The molecule has 5 nitrogen and oxygen atoms in total. The highest BCUT2D eigenvalue weighted by Gasteiger charge is 2.44. The first-order valence-electron chi connectivity index (χ1n) is 13.9. The smallest absolute Gasteiger partial charge is 0.307 e. The van der Waals surface area contributed by atoms with Crippen LogP contribution in [0.2, 0.25) is 0 Å². The number of hydrogen-bond acceptors (Lipinski definition) is 3. The fourth-order valence-corrected chi connectivity index (χ4v) is 5.42. The molecule has 2 aliphatic rings. The maximum absolute atomic E-state index is 13.9. The van der Waals surface area contributed by atoms with Gasteiger partial charge in [-0.05, 0) is 71.7 Å². The third kappa shape index (κ3) is 5.71. The standard InChI is InChI=1S/C32H36N2O3/c1-33(2)27-17-15-24(16-18-27)23-13-11-22(12-14-23)21-34(31(35)25-7-4-3-5-8-25)28-10-6-9-26(19-28)29-20-30(29)32(36)37/h6,9-19,25,29-30H,3-5,7-8,20-21H2,1-2H3,(H,36,37)/i21D. The molecule has 0 radical (unpaired) electrons. The molecule has 0 saturated heterocycles. The lowest BCUT2D eigenvalue weighted by Crippen LogP contribution is -2.36. The second-order valence-electron chi connectivity index (χ2n) is 10.6. The molecule has 192 valence electrons. The van der Waals surface area contributed by atoms with Gasteiger partial charge in [0.05, 0.1) is 13.8 Å². The summed E-state index contributed by atoms with van der Waals surface area (Å²) in [5, 5.41) is 9.40. The van der Waals surface area contributed by atoms with E-state index in [1.54, 1.807) is 4.90 Å². The number of carboxylic acid groups (broad SMARTS) is 1.